The van der Waals surface area contributed by atoms with Crippen LogP contribution in [-0.2, 0) is 11.3 Å². The van der Waals surface area contributed by atoms with Gasteiger partial charge in [0.1, 0.15) is 25.0 Å². The number of nitrogens with one attached hydrogen (secondary N) is 1. The second-order valence-corrected chi connectivity index (χ2v) is 7.72. The molecule has 1 aromatic carbocycles. The van der Waals surface area contributed by atoms with Crippen molar-refractivity contribution in [3.05, 3.63) is 36.9 Å². The Kier molecular flexibility index (Phi) is 8.74. The molecule has 0 saturated heterocycles. The molecule has 0 radical (unpaired) electrons. The molecule has 2 aliphatic carbocycles. The van der Waals surface area contributed by atoms with E-state index in [0.29, 0.717) is 25.0 Å². The van der Waals surface area contributed by atoms with Crippen molar-refractivity contribution >= 4 is 36.4 Å². The highest BCUT2D eigenvalue weighted by Crippen LogP contribution is 2.42. The van der Waals surface area contributed by atoms with Gasteiger partial charge in [0.15, 0.2) is 0 Å². The monoisotopic (exact) mass is 441 g/mol. The number of hydrogen-bond donors (Lipinski definition) is 2. The molecule has 4 rings (SSSR count). The summed E-state index contributed by atoms with van der Waals surface area (Å²) in [6.07, 6.45) is 8.57. The van der Waals surface area contributed by atoms with Gasteiger partial charge in [-0.2, -0.15) is 5.10 Å². The predicted octanol–water partition coefficient (Wildman–Crippen LogP) is 3.29. The molecule has 1 heterocycles. The lowest BCUT2D eigenvalue weighted by molar-refractivity contribution is -0.122. The van der Waals surface area contributed by atoms with Crippen LogP contribution in [0.3, 0.4) is 0 Å². The molecule has 2 aromatic rings. The normalized spacial score (nSPS) is 25.3. The van der Waals surface area contributed by atoms with Crippen molar-refractivity contribution in [3.8, 4) is 5.75 Å². The standard InChI is InChI=1S/C20H27N5O2.2ClH/c21-19-14-3-1-4-15(19)10-16(9-14)20(26)24-17-5-2-6-18(11-17)27-8-7-25-13-22-12-23-25;;/h2,5-6,11-16,19H,1,3-4,7-10,21H2,(H,24,26);2*1H. The van der Waals surface area contributed by atoms with Gasteiger partial charge in [-0.1, -0.05) is 12.5 Å². The topological polar surface area (TPSA) is 95.1 Å². The van der Waals surface area contributed by atoms with Gasteiger partial charge in [-0.25, -0.2) is 9.67 Å². The molecule has 3 N–H and O–H groups in total. The first-order valence-electron chi connectivity index (χ1n) is 9.81. The van der Waals surface area contributed by atoms with Gasteiger partial charge in [0.2, 0.25) is 5.91 Å². The zero-order valence-electron chi connectivity index (χ0n) is 16.3. The minimum absolute atomic E-state index is 0. The summed E-state index contributed by atoms with van der Waals surface area (Å²) in [5, 5.41) is 7.12. The van der Waals surface area contributed by atoms with Gasteiger partial charge < -0.3 is 15.8 Å². The SMILES string of the molecule is Cl.Cl.NC1C2CCCC1CC(C(=O)Nc1cccc(OCCn3cncn3)c1)C2. The van der Waals surface area contributed by atoms with Crippen LogP contribution >= 0.6 is 24.8 Å². The van der Waals surface area contributed by atoms with E-state index in [4.69, 9.17) is 10.5 Å². The molecule has 2 bridgehead atoms. The lowest BCUT2D eigenvalue weighted by Crippen LogP contribution is -2.48. The molecule has 2 fully saturated rings. The quantitative estimate of drug-likeness (QED) is 0.716. The summed E-state index contributed by atoms with van der Waals surface area (Å²) in [5.41, 5.74) is 7.12. The molecule has 29 heavy (non-hydrogen) atoms. The third-order valence-corrected chi connectivity index (χ3v) is 5.94. The zero-order valence-corrected chi connectivity index (χ0v) is 17.9. The first-order chi connectivity index (χ1) is 13.2. The lowest BCUT2D eigenvalue weighted by atomic mass is 9.65. The van der Waals surface area contributed by atoms with Crippen LogP contribution in [-0.4, -0.2) is 33.3 Å². The van der Waals surface area contributed by atoms with Crippen molar-refractivity contribution in [3.63, 3.8) is 0 Å². The molecule has 1 aromatic heterocycles. The van der Waals surface area contributed by atoms with Crippen LogP contribution in [0.1, 0.15) is 32.1 Å². The Bertz CT molecular complexity index is 760. The number of benzene rings is 1. The number of rotatable bonds is 6. The van der Waals surface area contributed by atoms with E-state index in [9.17, 15) is 4.79 Å². The largest absolute Gasteiger partial charge is 0.492 e. The number of carbonyl (C=O) groups excluding carboxylic acids is 1. The molecule has 2 aliphatic rings. The zero-order chi connectivity index (χ0) is 18.6. The number of aromatic nitrogens is 3. The minimum Gasteiger partial charge on any atom is -0.492 e. The number of nitrogens with two attached hydrogens (primary N) is 1. The molecule has 2 saturated carbocycles. The van der Waals surface area contributed by atoms with Crippen LogP contribution in [0.15, 0.2) is 36.9 Å². The number of nitrogens with zero attached hydrogens (tertiary/aromatic N) is 3. The van der Waals surface area contributed by atoms with E-state index in [1.54, 1.807) is 11.0 Å². The van der Waals surface area contributed by atoms with Crippen LogP contribution in [0, 0.1) is 17.8 Å². The molecule has 1 amide bonds. The highest BCUT2D eigenvalue weighted by molar-refractivity contribution is 5.92. The van der Waals surface area contributed by atoms with Gasteiger partial charge in [-0.05, 0) is 49.7 Å². The second kappa shape index (κ2) is 10.8. The summed E-state index contributed by atoms with van der Waals surface area (Å²) in [7, 11) is 0. The van der Waals surface area contributed by atoms with Crippen molar-refractivity contribution in [2.24, 2.45) is 23.5 Å². The summed E-state index contributed by atoms with van der Waals surface area (Å²) in [6, 6.07) is 7.84. The number of hydrogen-bond acceptors (Lipinski definition) is 5. The van der Waals surface area contributed by atoms with Gasteiger partial charge in [0.25, 0.3) is 0 Å². The van der Waals surface area contributed by atoms with E-state index < -0.39 is 0 Å². The first-order valence-corrected chi connectivity index (χ1v) is 9.81. The molecular weight excluding hydrogens is 413 g/mol. The molecule has 0 spiro atoms. The summed E-state index contributed by atoms with van der Waals surface area (Å²) in [6.45, 7) is 1.12. The Hall–Kier alpha value is -1.83. The number of fused-ring (bicyclic) bond motifs is 2. The fourth-order valence-corrected chi connectivity index (χ4v) is 4.52. The fraction of sp³-hybridized carbons (Fsp3) is 0.550. The minimum atomic E-state index is 0. The van der Waals surface area contributed by atoms with Gasteiger partial charge >= 0.3 is 0 Å². The highest BCUT2D eigenvalue weighted by Gasteiger charge is 2.40. The average molecular weight is 442 g/mol. The maximum Gasteiger partial charge on any atom is 0.227 e. The highest BCUT2D eigenvalue weighted by atomic mass is 35.5. The van der Waals surface area contributed by atoms with E-state index in [1.807, 2.05) is 24.3 Å². The molecule has 2 unspecified atom stereocenters. The van der Waals surface area contributed by atoms with Gasteiger partial charge in [0.05, 0.1) is 6.54 Å². The predicted molar refractivity (Wildman–Crippen MR) is 117 cm³/mol. The van der Waals surface area contributed by atoms with Gasteiger partial charge in [-0.15, -0.1) is 24.8 Å². The summed E-state index contributed by atoms with van der Waals surface area (Å²) in [4.78, 5) is 16.7. The van der Waals surface area contributed by atoms with Crippen LogP contribution in [0.2, 0.25) is 0 Å². The Morgan fingerprint density at radius 1 is 1.24 bits per heavy atom. The Morgan fingerprint density at radius 2 is 2.00 bits per heavy atom. The summed E-state index contributed by atoms with van der Waals surface area (Å²) >= 11 is 0. The van der Waals surface area contributed by atoms with E-state index in [0.717, 1.165) is 37.1 Å². The van der Waals surface area contributed by atoms with Crippen molar-refractivity contribution < 1.29 is 9.53 Å². The number of ether oxygens (including phenoxy) is 1. The average Bonchev–Trinajstić information content (AvgIpc) is 3.15. The number of anilines is 1. The maximum absolute atomic E-state index is 12.8. The van der Waals surface area contributed by atoms with Crippen molar-refractivity contribution in [2.75, 3.05) is 11.9 Å². The smallest absolute Gasteiger partial charge is 0.227 e. The molecule has 7 nitrogen and oxygen atoms in total. The third kappa shape index (κ3) is 5.84. The number of amides is 1. The van der Waals surface area contributed by atoms with Gasteiger partial charge in [0, 0.05) is 23.7 Å². The van der Waals surface area contributed by atoms with Crippen LogP contribution in [0.4, 0.5) is 5.69 Å². The van der Waals surface area contributed by atoms with E-state index in [1.165, 1.54) is 12.7 Å². The van der Waals surface area contributed by atoms with E-state index >= 15 is 0 Å². The molecule has 9 heteroatoms. The summed E-state index contributed by atoms with van der Waals surface area (Å²) in [5.74, 6) is 1.91. The van der Waals surface area contributed by atoms with Gasteiger partial charge in [-0.3, -0.25) is 4.79 Å². The van der Waals surface area contributed by atoms with Crippen LogP contribution in [0.25, 0.3) is 0 Å². The van der Waals surface area contributed by atoms with Crippen molar-refractivity contribution in [1.82, 2.24) is 14.8 Å². The van der Waals surface area contributed by atoms with Crippen LogP contribution in [0.5, 0.6) is 5.75 Å². The third-order valence-electron chi connectivity index (χ3n) is 5.94. The Balaban J connectivity index is 0.00000150. The lowest BCUT2D eigenvalue weighted by Gasteiger charge is -2.43. The first kappa shape index (κ1) is 23.4. The molecule has 0 aliphatic heterocycles. The van der Waals surface area contributed by atoms with Crippen LogP contribution < -0.4 is 15.8 Å². The number of carbonyl (C=O) groups is 1. The molecular formula is C20H29Cl2N5O2. The van der Waals surface area contributed by atoms with E-state index in [2.05, 4.69) is 15.4 Å². The Labute approximate surface area is 183 Å². The molecule has 160 valence electrons. The second-order valence-electron chi connectivity index (χ2n) is 7.72. The fourth-order valence-electron chi connectivity index (χ4n) is 4.52. The Morgan fingerprint density at radius 3 is 2.69 bits per heavy atom. The summed E-state index contributed by atoms with van der Waals surface area (Å²) < 4.78 is 7.48. The van der Waals surface area contributed by atoms with E-state index in [-0.39, 0.29) is 42.7 Å². The number of halogens is 2. The molecule has 2 atom stereocenters. The maximum atomic E-state index is 12.8. The van der Waals surface area contributed by atoms with Crippen molar-refractivity contribution in [1.29, 1.82) is 0 Å². The van der Waals surface area contributed by atoms with Crippen molar-refractivity contribution in [2.45, 2.75) is 44.7 Å².